The Bertz CT molecular complexity index is 1350. The predicted molar refractivity (Wildman–Crippen MR) is 142 cm³/mol. The fourth-order valence-corrected chi connectivity index (χ4v) is 4.54. The number of phenols is 1. The van der Waals surface area contributed by atoms with Crippen molar-refractivity contribution in [2.45, 2.75) is 13.8 Å². The van der Waals surface area contributed by atoms with E-state index >= 15 is 0 Å². The van der Waals surface area contributed by atoms with Crippen LogP contribution in [-0.2, 0) is 9.59 Å². The molecule has 0 atom stereocenters. The second-order valence-corrected chi connectivity index (χ2v) is 9.40. The second kappa shape index (κ2) is 11.7. The third kappa shape index (κ3) is 7.18. The van der Waals surface area contributed by atoms with Crippen molar-refractivity contribution in [1.29, 1.82) is 5.26 Å². The van der Waals surface area contributed by atoms with E-state index in [2.05, 4.69) is 42.5 Å². The normalized spacial score (nSPS) is 10.9. The van der Waals surface area contributed by atoms with Crippen molar-refractivity contribution in [3.63, 3.8) is 0 Å². The third-order valence-electron chi connectivity index (χ3n) is 4.83. The average molecular weight is 599 g/mol. The van der Waals surface area contributed by atoms with Gasteiger partial charge in [0.05, 0.1) is 4.47 Å². The quantitative estimate of drug-likeness (QED) is 0.173. The number of nitrogens with zero attached hydrogens (tertiary/aromatic N) is 1. The Morgan fingerprint density at radius 2 is 1.77 bits per heavy atom. The molecule has 0 aromatic heterocycles. The van der Waals surface area contributed by atoms with Crippen molar-refractivity contribution in [3.05, 3.63) is 85.8 Å². The molecule has 0 saturated carbocycles. The summed E-state index contributed by atoms with van der Waals surface area (Å²) in [7, 11) is 0. The first-order valence-corrected chi connectivity index (χ1v) is 12.0. The maximum absolute atomic E-state index is 12.6. The minimum atomic E-state index is -0.632. The summed E-state index contributed by atoms with van der Waals surface area (Å²) in [6.45, 7) is 3.60. The summed E-state index contributed by atoms with van der Waals surface area (Å²) in [5.74, 6) is -0.629. The topological polar surface area (TPSA) is 111 Å². The number of carbonyl (C=O) groups is 2. The van der Waals surface area contributed by atoms with Crippen LogP contribution in [0.15, 0.2) is 69.1 Å². The first-order valence-electron chi connectivity index (χ1n) is 10.4. The monoisotopic (exact) mass is 597 g/mol. The van der Waals surface area contributed by atoms with Crippen molar-refractivity contribution in [2.75, 3.05) is 17.2 Å². The Hall–Kier alpha value is -3.61. The smallest absolute Gasteiger partial charge is 0.266 e. The summed E-state index contributed by atoms with van der Waals surface area (Å²) >= 11 is 6.81. The molecule has 3 aromatic rings. The van der Waals surface area contributed by atoms with Crippen LogP contribution in [0.2, 0.25) is 0 Å². The maximum Gasteiger partial charge on any atom is 0.266 e. The molecule has 0 aliphatic heterocycles. The van der Waals surface area contributed by atoms with Crippen molar-refractivity contribution >= 4 is 61.1 Å². The van der Waals surface area contributed by atoms with Crippen molar-refractivity contribution in [2.24, 2.45) is 0 Å². The second-order valence-electron chi connectivity index (χ2n) is 7.63. The summed E-state index contributed by atoms with van der Waals surface area (Å²) < 4.78 is 7.00. The number of carbonyl (C=O) groups excluding carboxylic acids is 2. The Balaban J connectivity index is 1.80. The van der Waals surface area contributed by atoms with Crippen molar-refractivity contribution in [1.82, 2.24) is 0 Å². The molecule has 0 radical (unpaired) electrons. The van der Waals surface area contributed by atoms with Gasteiger partial charge in [-0.1, -0.05) is 33.6 Å². The van der Waals surface area contributed by atoms with Crippen LogP contribution in [0.5, 0.6) is 11.5 Å². The van der Waals surface area contributed by atoms with Gasteiger partial charge in [0.2, 0.25) is 0 Å². The van der Waals surface area contributed by atoms with Crippen LogP contribution in [0.3, 0.4) is 0 Å². The van der Waals surface area contributed by atoms with E-state index in [1.165, 1.54) is 30.3 Å². The van der Waals surface area contributed by atoms with Crippen molar-refractivity contribution < 1.29 is 19.4 Å². The molecule has 0 unspecified atom stereocenters. The summed E-state index contributed by atoms with van der Waals surface area (Å²) in [5.41, 5.74) is 3.39. The lowest BCUT2D eigenvalue weighted by Gasteiger charge is -2.14. The molecule has 35 heavy (non-hydrogen) atoms. The molecule has 0 aliphatic carbocycles. The van der Waals surface area contributed by atoms with Gasteiger partial charge in [0.15, 0.2) is 6.61 Å². The number of ether oxygens (including phenoxy) is 1. The molecule has 7 nitrogen and oxygen atoms in total. The molecule has 0 saturated heterocycles. The maximum atomic E-state index is 12.6. The number of nitrogens with one attached hydrogen (secondary N) is 2. The highest BCUT2D eigenvalue weighted by Gasteiger charge is 2.16. The summed E-state index contributed by atoms with van der Waals surface area (Å²) in [6.07, 6.45) is 1.38. The average Bonchev–Trinajstić information content (AvgIpc) is 2.80. The highest BCUT2D eigenvalue weighted by Crippen LogP contribution is 2.34. The van der Waals surface area contributed by atoms with Crippen molar-refractivity contribution in [3.8, 4) is 17.6 Å². The summed E-state index contributed by atoms with van der Waals surface area (Å²) in [4.78, 5) is 25.2. The number of benzene rings is 3. The number of anilines is 2. The van der Waals surface area contributed by atoms with E-state index in [-0.39, 0.29) is 23.8 Å². The van der Waals surface area contributed by atoms with Crippen LogP contribution in [0.4, 0.5) is 11.4 Å². The standard InChI is InChI=1S/C26H21Br2N3O4/c1-15-3-8-23(16(2)9-15)31-24(33)14-35-25-17(11-19(27)12-22(25)28)10-18(13-29)26(34)30-20-4-6-21(32)7-5-20/h3-12,32H,14H2,1-2H3,(H,30,34)(H,31,33)/b18-10+. The molecule has 0 bridgehead atoms. The lowest BCUT2D eigenvalue weighted by molar-refractivity contribution is -0.118. The van der Waals surface area contributed by atoms with Gasteiger partial charge >= 0.3 is 0 Å². The summed E-state index contributed by atoms with van der Waals surface area (Å²) in [5, 5.41) is 24.4. The zero-order valence-corrected chi connectivity index (χ0v) is 22.0. The number of rotatable bonds is 7. The first kappa shape index (κ1) is 26.0. The number of nitriles is 1. The largest absolute Gasteiger partial charge is 0.508 e. The van der Waals surface area contributed by atoms with E-state index in [1.807, 2.05) is 38.1 Å². The van der Waals surface area contributed by atoms with Crippen LogP contribution >= 0.6 is 31.9 Å². The molecule has 2 amide bonds. The number of amides is 2. The lowest BCUT2D eigenvalue weighted by Crippen LogP contribution is -2.21. The van der Waals surface area contributed by atoms with Crippen LogP contribution < -0.4 is 15.4 Å². The molecule has 3 rings (SSSR count). The lowest BCUT2D eigenvalue weighted by atomic mass is 10.1. The molecule has 3 aromatic carbocycles. The number of phenolic OH excluding ortho intramolecular Hbond substituents is 1. The van der Waals surface area contributed by atoms with Gasteiger partial charge in [-0.2, -0.15) is 5.26 Å². The van der Waals surface area contributed by atoms with Gasteiger partial charge < -0.3 is 20.5 Å². The van der Waals surface area contributed by atoms with Crippen LogP contribution in [0.25, 0.3) is 6.08 Å². The zero-order chi connectivity index (χ0) is 25.5. The number of aromatic hydroxyl groups is 1. The van der Waals surface area contributed by atoms with Gasteiger partial charge in [0.25, 0.3) is 11.8 Å². The fourth-order valence-electron chi connectivity index (χ4n) is 3.16. The first-order chi connectivity index (χ1) is 16.7. The van der Waals surface area contributed by atoms with Gasteiger partial charge in [-0.25, -0.2) is 0 Å². The number of hydrogen-bond acceptors (Lipinski definition) is 5. The SMILES string of the molecule is Cc1ccc(NC(=O)COc2c(Br)cc(Br)cc2/C=C(\C#N)C(=O)Nc2ccc(O)cc2)c(C)c1. The predicted octanol–water partition coefficient (Wildman–Crippen LogP) is 6.10. The van der Waals surface area contributed by atoms with Gasteiger partial charge in [-0.15, -0.1) is 0 Å². The molecule has 0 aliphatic rings. The Morgan fingerprint density at radius 3 is 2.43 bits per heavy atom. The minimum absolute atomic E-state index is 0.0569. The van der Waals surface area contributed by atoms with E-state index < -0.39 is 5.91 Å². The molecule has 3 N–H and O–H groups in total. The van der Waals surface area contributed by atoms with E-state index in [4.69, 9.17) is 4.74 Å². The van der Waals surface area contributed by atoms with Gasteiger partial charge in [0.1, 0.15) is 23.1 Å². The molecule has 0 heterocycles. The fraction of sp³-hybridized carbons (Fsp3) is 0.115. The third-order valence-corrected chi connectivity index (χ3v) is 5.88. The highest BCUT2D eigenvalue weighted by atomic mass is 79.9. The van der Waals surface area contributed by atoms with E-state index in [0.29, 0.717) is 31.6 Å². The molecular weight excluding hydrogens is 578 g/mol. The van der Waals surface area contributed by atoms with E-state index in [1.54, 1.807) is 12.1 Å². The van der Waals surface area contributed by atoms with E-state index in [0.717, 1.165) is 11.1 Å². The van der Waals surface area contributed by atoms with Gasteiger partial charge in [-0.05, 0) is 83.9 Å². The van der Waals surface area contributed by atoms with Gasteiger partial charge in [0, 0.05) is 21.4 Å². The molecule has 0 spiro atoms. The minimum Gasteiger partial charge on any atom is -0.508 e. The van der Waals surface area contributed by atoms with Crippen LogP contribution in [0, 0.1) is 25.2 Å². The highest BCUT2D eigenvalue weighted by molar-refractivity contribution is 9.11. The molecule has 9 heteroatoms. The Labute approximate surface area is 219 Å². The summed E-state index contributed by atoms with van der Waals surface area (Å²) in [6, 6.07) is 16.9. The molecular formula is C26H21Br2N3O4. The van der Waals surface area contributed by atoms with Gasteiger partial charge in [-0.3, -0.25) is 9.59 Å². The molecule has 0 fully saturated rings. The molecule has 178 valence electrons. The van der Waals surface area contributed by atoms with Crippen LogP contribution in [-0.4, -0.2) is 23.5 Å². The Morgan fingerprint density at radius 1 is 1.06 bits per heavy atom. The van der Waals surface area contributed by atoms with Crippen LogP contribution in [0.1, 0.15) is 16.7 Å². The Kier molecular flexibility index (Phi) is 8.68. The zero-order valence-electron chi connectivity index (χ0n) is 18.9. The number of halogens is 2. The number of hydrogen-bond donors (Lipinski definition) is 3. The number of aryl methyl sites for hydroxylation is 2. The van der Waals surface area contributed by atoms with E-state index in [9.17, 15) is 20.0 Å².